The van der Waals surface area contributed by atoms with Gasteiger partial charge in [0.15, 0.2) is 9.95 Å². The van der Waals surface area contributed by atoms with E-state index in [4.69, 9.17) is 11.6 Å². The lowest BCUT2D eigenvalue weighted by atomic mass is 10.1. The monoisotopic (exact) mass is 450 g/mol. The van der Waals surface area contributed by atoms with Crippen molar-refractivity contribution in [3.8, 4) is 11.6 Å². The zero-order chi connectivity index (χ0) is 21.5. The standard InChI is InChI=1S/C22H12ClFN4O2S/c23-19-16(7-4-10-25-19)27-22-28(13-5-2-1-3-6-13)21(30)18(31-22)17-14-11-12(24)8-9-15(14)26-20(17)29/h1-11,30H. The molecule has 5 rings (SSSR count). The number of hydrogen-bond acceptors (Lipinski definition) is 5. The van der Waals surface area contributed by atoms with Gasteiger partial charge in [0.05, 0.1) is 16.6 Å². The van der Waals surface area contributed by atoms with E-state index in [0.717, 1.165) is 11.3 Å². The number of aromatic nitrogens is 2. The fourth-order valence-electron chi connectivity index (χ4n) is 3.29. The van der Waals surface area contributed by atoms with E-state index >= 15 is 0 Å². The smallest absolute Gasteiger partial charge is 0.279 e. The summed E-state index contributed by atoms with van der Waals surface area (Å²) in [5.41, 5.74) is 1.16. The van der Waals surface area contributed by atoms with Crippen LogP contribution >= 0.6 is 22.9 Å². The summed E-state index contributed by atoms with van der Waals surface area (Å²) in [5, 5.41) is 12.0. The topological polar surface area (TPSA) is 79.8 Å². The molecule has 0 unspecified atom stereocenters. The van der Waals surface area contributed by atoms with Crippen LogP contribution in [0.3, 0.4) is 0 Å². The highest BCUT2D eigenvalue weighted by Crippen LogP contribution is 2.31. The lowest BCUT2D eigenvalue weighted by Crippen LogP contribution is -2.23. The number of rotatable bonds is 3. The van der Waals surface area contributed by atoms with E-state index < -0.39 is 11.7 Å². The van der Waals surface area contributed by atoms with Gasteiger partial charge < -0.3 is 5.11 Å². The summed E-state index contributed by atoms with van der Waals surface area (Å²) in [7, 11) is 0. The van der Waals surface area contributed by atoms with Gasteiger partial charge >= 0.3 is 0 Å². The van der Waals surface area contributed by atoms with Crippen molar-refractivity contribution in [2.24, 2.45) is 9.98 Å². The van der Waals surface area contributed by atoms with Crippen LogP contribution in [0.15, 0.2) is 76.8 Å². The van der Waals surface area contributed by atoms with Gasteiger partial charge in [0.2, 0.25) is 5.88 Å². The molecule has 4 aromatic rings. The minimum absolute atomic E-state index is 0.125. The van der Waals surface area contributed by atoms with Crippen LogP contribution in [0.4, 0.5) is 10.1 Å². The summed E-state index contributed by atoms with van der Waals surface area (Å²) in [5.74, 6) is -1.26. The first-order chi connectivity index (χ1) is 15.0. The molecule has 0 radical (unpaired) electrons. The Morgan fingerprint density at radius 2 is 1.90 bits per heavy atom. The van der Waals surface area contributed by atoms with Crippen molar-refractivity contribution in [2.45, 2.75) is 0 Å². The zero-order valence-electron chi connectivity index (χ0n) is 15.7. The fourth-order valence-corrected chi connectivity index (χ4v) is 4.54. The van der Waals surface area contributed by atoms with E-state index in [0.29, 0.717) is 26.8 Å². The number of carbonyl (C=O) groups is 1. The minimum atomic E-state index is -0.552. The van der Waals surface area contributed by atoms with Crippen LogP contribution in [0.1, 0.15) is 4.88 Å². The van der Waals surface area contributed by atoms with Gasteiger partial charge in [-0.1, -0.05) is 41.1 Å². The SMILES string of the molecule is O=C1N=c2ccc(F)cc2=C1c1sc(=Nc2cccnc2Cl)n(-c2ccccc2)c1O. The van der Waals surface area contributed by atoms with Crippen molar-refractivity contribution in [2.75, 3.05) is 0 Å². The molecule has 152 valence electrons. The molecule has 9 heteroatoms. The maximum absolute atomic E-state index is 13.9. The van der Waals surface area contributed by atoms with E-state index in [9.17, 15) is 14.3 Å². The minimum Gasteiger partial charge on any atom is -0.493 e. The Labute approximate surface area is 183 Å². The number of halogens is 2. The van der Waals surface area contributed by atoms with Crippen molar-refractivity contribution >= 4 is 40.1 Å². The molecule has 1 amide bonds. The van der Waals surface area contributed by atoms with Crippen LogP contribution in [0.2, 0.25) is 5.15 Å². The molecule has 0 saturated carbocycles. The first kappa shape index (κ1) is 19.3. The molecule has 0 atom stereocenters. The summed E-state index contributed by atoms with van der Waals surface area (Å²) in [6.45, 7) is 0. The molecule has 2 aromatic heterocycles. The van der Waals surface area contributed by atoms with Crippen molar-refractivity contribution in [3.63, 3.8) is 0 Å². The Bertz CT molecular complexity index is 1540. The van der Waals surface area contributed by atoms with Crippen molar-refractivity contribution in [1.82, 2.24) is 9.55 Å². The van der Waals surface area contributed by atoms with E-state index in [1.807, 2.05) is 18.2 Å². The quantitative estimate of drug-likeness (QED) is 0.487. The Morgan fingerprint density at radius 3 is 2.68 bits per heavy atom. The maximum atomic E-state index is 13.9. The molecule has 31 heavy (non-hydrogen) atoms. The van der Waals surface area contributed by atoms with Gasteiger partial charge in [-0.2, -0.15) is 0 Å². The summed E-state index contributed by atoms with van der Waals surface area (Å²) in [6, 6.07) is 16.3. The fraction of sp³-hybridized carbons (Fsp3) is 0. The van der Waals surface area contributed by atoms with Crippen molar-refractivity contribution in [3.05, 3.63) is 98.1 Å². The van der Waals surface area contributed by atoms with Gasteiger partial charge in [-0.3, -0.25) is 9.36 Å². The molecule has 1 aliphatic heterocycles. The molecule has 3 heterocycles. The average molecular weight is 451 g/mol. The number of pyridine rings is 1. The highest BCUT2D eigenvalue weighted by molar-refractivity contribution is 7.11. The Balaban J connectivity index is 1.86. The predicted molar refractivity (Wildman–Crippen MR) is 114 cm³/mol. The highest BCUT2D eigenvalue weighted by atomic mass is 35.5. The van der Waals surface area contributed by atoms with E-state index in [1.165, 1.54) is 22.8 Å². The first-order valence-electron chi connectivity index (χ1n) is 9.12. The molecule has 0 spiro atoms. The van der Waals surface area contributed by atoms with Crippen LogP contribution < -0.4 is 15.4 Å². The number of para-hydroxylation sites is 1. The third-order valence-corrected chi connectivity index (χ3v) is 6.00. The third-order valence-electron chi connectivity index (χ3n) is 4.66. The van der Waals surface area contributed by atoms with E-state index in [-0.39, 0.29) is 21.5 Å². The number of thiazole rings is 1. The van der Waals surface area contributed by atoms with E-state index in [2.05, 4.69) is 15.0 Å². The summed E-state index contributed by atoms with van der Waals surface area (Å²) < 4.78 is 15.4. The number of amides is 1. The zero-order valence-corrected chi connectivity index (χ0v) is 17.2. The van der Waals surface area contributed by atoms with Gasteiger partial charge in [0.1, 0.15) is 16.4 Å². The summed E-state index contributed by atoms with van der Waals surface area (Å²) >= 11 is 7.24. The molecule has 0 aliphatic carbocycles. The third kappa shape index (κ3) is 3.35. The molecular weight excluding hydrogens is 439 g/mol. The molecule has 2 aromatic carbocycles. The second-order valence-corrected chi connectivity index (χ2v) is 7.92. The number of carbonyl (C=O) groups excluding carboxylic acids is 1. The first-order valence-corrected chi connectivity index (χ1v) is 10.3. The van der Waals surface area contributed by atoms with Crippen LogP contribution in [0.5, 0.6) is 5.88 Å². The molecule has 6 nitrogen and oxygen atoms in total. The van der Waals surface area contributed by atoms with Crippen LogP contribution in [0, 0.1) is 5.82 Å². The molecular formula is C22H12ClFN4O2S. The van der Waals surface area contributed by atoms with Gasteiger partial charge in [-0.15, -0.1) is 0 Å². The molecule has 1 aliphatic rings. The van der Waals surface area contributed by atoms with Gasteiger partial charge in [0.25, 0.3) is 5.91 Å². The van der Waals surface area contributed by atoms with Gasteiger partial charge in [-0.25, -0.2) is 19.4 Å². The number of aromatic hydroxyl groups is 1. The number of fused-ring (bicyclic) bond motifs is 1. The van der Waals surface area contributed by atoms with E-state index in [1.54, 1.807) is 30.5 Å². The number of hydrogen-bond donors (Lipinski definition) is 1. The van der Waals surface area contributed by atoms with Gasteiger partial charge in [-0.05, 0) is 42.5 Å². The highest BCUT2D eigenvalue weighted by Gasteiger charge is 2.26. The van der Waals surface area contributed by atoms with Crippen molar-refractivity contribution in [1.29, 1.82) is 0 Å². The van der Waals surface area contributed by atoms with Crippen LogP contribution in [-0.4, -0.2) is 20.6 Å². The Kier molecular flexibility index (Phi) is 4.72. The lowest BCUT2D eigenvalue weighted by Gasteiger charge is -2.05. The number of nitrogens with zero attached hydrogens (tertiary/aromatic N) is 4. The summed E-state index contributed by atoms with van der Waals surface area (Å²) in [4.78, 5) is 25.8. The normalized spacial score (nSPS) is 13.4. The molecule has 0 saturated heterocycles. The molecule has 0 bridgehead atoms. The molecule has 1 N–H and O–H groups in total. The second-order valence-electron chi connectivity index (χ2n) is 6.59. The lowest BCUT2D eigenvalue weighted by molar-refractivity contribution is -0.112. The largest absolute Gasteiger partial charge is 0.493 e. The van der Waals surface area contributed by atoms with Crippen molar-refractivity contribution < 1.29 is 14.3 Å². The predicted octanol–water partition coefficient (Wildman–Crippen LogP) is 3.02. The molecule has 0 fully saturated rings. The second kappa shape index (κ2) is 7.57. The summed E-state index contributed by atoms with van der Waals surface area (Å²) in [6.07, 6.45) is 1.55. The van der Waals surface area contributed by atoms with Gasteiger partial charge in [0, 0.05) is 11.4 Å². The van der Waals surface area contributed by atoms with Crippen LogP contribution in [0.25, 0.3) is 11.3 Å². The van der Waals surface area contributed by atoms with Crippen LogP contribution in [-0.2, 0) is 4.79 Å². The maximum Gasteiger partial charge on any atom is 0.279 e. The average Bonchev–Trinajstić information content (AvgIpc) is 3.25. The number of benzene rings is 2. The Hall–Kier alpha value is -3.62. The Morgan fingerprint density at radius 1 is 1.10 bits per heavy atom.